The molecule has 2 aromatic rings. The zero-order valence-corrected chi connectivity index (χ0v) is 13.5. The molecule has 0 saturated carbocycles. The Kier molecular flexibility index (Phi) is 4.98. The molecule has 0 radical (unpaired) electrons. The zero-order chi connectivity index (χ0) is 16.1. The van der Waals surface area contributed by atoms with Crippen molar-refractivity contribution in [3.05, 3.63) is 53.7 Å². The number of benzene rings is 1. The van der Waals surface area contributed by atoms with Gasteiger partial charge in [0.15, 0.2) is 6.61 Å². The molecule has 0 aliphatic carbocycles. The van der Waals surface area contributed by atoms with Gasteiger partial charge in [0.25, 0.3) is 11.7 Å². The summed E-state index contributed by atoms with van der Waals surface area (Å²) in [6.45, 7) is 3.08. The molecule has 1 aliphatic rings. The molecule has 5 nitrogen and oxygen atoms in total. The lowest BCUT2D eigenvalue weighted by atomic mass is 10.3. The van der Waals surface area contributed by atoms with Crippen LogP contribution in [0.5, 0.6) is 5.75 Å². The van der Waals surface area contributed by atoms with Crippen LogP contribution in [0.2, 0.25) is 5.02 Å². The number of pyridine rings is 1. The van der Waals surface area contributed by atoms with Gasteiger partial charge in [-0.25, -0.2) is 4.98 Å². The molecule has 2 heterocycles. The highest BCUT2D eigenvalue weighted by molar-refractivity contribution is 6.30. The molecule has 1 aliphatic heterocycles. The summed E-state index contributed by atoms with van der Waals surface area (Å²) in [5.41, 5.74) is 0. The maximum Gasteiger partial charge on any atom is 0.274 e. The van der Waals surface area contributed by atoms with Gasteiger partial charge in [0.2, 0.25) is 0 Å². The van der Waals surface area contributed by atoms with Crippen LogP contribution in [0, 0.1) is 0 Å². The minimum absolute atomic E-state index is 0.0108. The van der Waals surface area contributed by atoms with Crippen LogP contribution in [0.1, 0.15) is 0 Å². The topological polar surface area (TPSA) is 46.9 Å². The van der Waals surface area contributed by atoms with Crippen molar-refractivity contribution >= 4 is 23.3 Å². The number of rotatable bonds is 4. The number of nitrogens with one attached hydrogen (secondary N) is 1. The summed E-state index contributed by atoms with van der Waals surface area (Å²) in [7, 11) is 0. The number of H-pyrrole nitrogens is 1. The quantitative estimate of drug-likeness (QED) is 0.859. The second kappa shape index (κ2) is 7.33. The zero-order valence-electron chi connectivity index (χ0n) is 12.7. The van der Waals surface area contributed by atoms with Crippen molar-refractivity contribution in [2.75, 3.05) is 37.7 Å². The van der Waals surface area contributed by atoms with Gasteiger partial charge in [-0.1, -0.05) is 17.7 Å². The maximum absolute atomic E-state index is 12.2. The van der Waals surface area contributed by atoms with Crippen molar-refractivity contribution in [3.63, 3.8) is 0 Å². The Hall–Kier alpha value is -2.27. The van der Waals surface area contributed by atoms with Crippen LogP contribution < -0.4 is 14.6 Å². The number of ether oxygens (including phenoxy) is 1. The monoisotopic (exact) mass is 332 g/mol. The number of hydrogen-bond acceptors (Lipinski definition) is 3. The summed E-state index contributed by atoms with van der Waals surface area (Å²) in [5.74, 6) is 1.74. The number of aromatic nitrogens is 1. The van der Waals surface area contributed by atoms with Crippen LogP contribution in [0.3, 0.4) is 0 Å². The van der Waals surface area contributed by atoms with Gasteiger partial charge in [0, 0.05) is 11.1 Å². The summed E-state index contributed by atoms with van der Waals surface area (Å²) in [6.07, 6.45) is 1.91. The highest BCUT2D eigenvalue weighted by Gasteiger charge is 2.26. The molecule has 0 atom stereocenters. The molecule has 23 heavy (non-hydrogen) atoms. The molecule has 0 spiro atoms. The molecule has 3 rings (SSSR count). The second-order valence-electron chi connectivity index (χ2n) is 5.36. The molecule has 1 fully saturated rings. The van der Waals surface area contributed by atoms with Crippen molar-refractivity contribution in [1.29, 1.82) is 0 Å². The molecular weight excluding hydrogens is 314 g/mol. The molecule has 1 aromatic carbocycles. The highest BCUT2D eigenvalue weighted by atomic mass is 35.5. The fourth-order valence-electron chi connectivity index (χ4n) is 2.54. The Bertz CT molecular complexity index is 641. The molecule has 120 valence electrons. The van der Waals surface area contributed by atoms with Gasteiger partial charge < -0.3 is 9.64 Å². The molecular formula is C17H19ClN3O2+. The third-order valence-corrected chi connectivity index (χ3v) is 4.09. The SMILES string of the molecule is O=C(COc1ccc(Cl)cc1)N1CCN(c2cccc[nH+]2)CC1. The first kappa shape index (κ1) is 15.6. The number of aromatic amines is 1. The van der Waals surface area contributed by atoms with Crippen molar-refractivity contribution < 1.29 is 14.5 Å². The van der Waals surface area contributed by atoms with E-state index in [1.165, 1.54) is 0 Å². The van der Waals surface area contributed by atoms with E-state index >= 15 is 0 Å². The highest BCUT2D eigenvalue weighted by Crippen LogP contribution is 2.16. The smallest absolute Gasteiger partial charge is 0.274 e. The van der Waals surface area contributed by atoms with Gasteiger partial charge >= 0.3 is 0 Å². The van der Waals surface area contributed by atoms with Crippen LogP contribution in [0.25, 0.3) is 0 Å². The number of carbonyl (C=O) groups excluding carboxylic acids is 1. The van der Waals surface area contributed by atoms with E-state index in [0.29, 0.717) is 23.9 Å². The molecule has 0 unspecified atom stereocenters. The number of amides is 1. The normalized spacial score (nSPS) is 14.7. The fourth-order valence-corrected chi connectivity index (χ4v) is 2.67. The molecule has 1 N–H and O–H groups in total. The summed E-state index contributed by atoms with van der Waals surface area (Å²) in [4.78, 5) is 19.5. The summed E-state index contributed by atoms with van der Waals surface area (Å²) < 4.78 is 5.52. The minimum atomic E-state index is 0.0108. The van der Waals surface area contributed by atoms with Gasteiger partial charge in [-0.15, -0.1) is 0 Å². The summed E-state index contributed by atoms with van der Waals surface area (Å²) in [6, 6.07) is 13.0. The van der Waals surface area contributed by atoms with Crippen LogP contribution in [-0.2, 0) is 4.79 Å². The first-order valence-corrected chi connectivity index (χ1v) is 7.98. The minimum Gasteiger partial charge on any atom is -0.484 e. The Morgan fingerprint density at radius 2 is 1.83 bits per heavy atom. The number of anilines is 1. The van der Waals surface area contributed by atoms with Crippen molar-refractivity contribution in [3.8, 4) is 5.75 Å². The van der Waals surface area contributed by atoms with Crippen LogP contribution in [0.15, 0.2) is 48.7 Å². The lowest BCUT2D eigenvalue weighted by Crippen LogP contribution is -2.51. The first-order chi connectivity index (χ1) is 11.2. The number of piperazine rings is 1. The van der Waals surface area contributed by atoms with E-state index in [2.05, 4.69) is 9.88 Å². The van der Waals surface area contributed by atoms with E-state index in [-0.39, 0.29) is 12.5 Å². The largest absolute Gasteiger partial charge is 0.484 e. The van der Waals surface area contributed by atoms with E-state index in [0.717, 1.165) is 18.9 Å². The van der Waals surface area contributed by atoms with Gasteiger partial charge in [-0.2, -0.15) is 0 Å². The third-order valence-electron chi connectivity index (χ3n) is 3.84. The number of halogens is 1. The number of nitrogens with zero attached hydrogens (tertiary/aromatic N) is 2. The Labute approximate surface area is 140 Å². The fraction of sp³-hybridized carbons (Fsp3) is 0.294. The maximum atomic E-state index is 12.2. The predicted octanol–water partition coefficient (Wildman–Crippen LogP) is 1.88. The molecule has 1 amide bonds. The molecule has 1 aromatic heterocycles. The van der Waals surface area contributed by atoms with Crippen LogP contribution >= 0.6 is 11.6 Å². The van der Waals surface area contributed by atoms with E-state index in [9.17, 15) is 4.79 Å². The first-order valence-electron chi connectivity index (χ1n) is 7.60. The Balaban J connectivity index is 1.47. The van der Waals surface area contributed by atoms with Crippen molar-refractivity contribution in [2.24, 2.45) is 0 Å². The van der Waals surface area contributed by atoms with E-state index < -0.39 is 0 Å². The van der Waals surface area contributed by atoms with Gasteiger partial charge in [-0.05, 0) is 30.3 Å². The summed E-state index contributed by atoms with van der Waals surface area (Å²) >= 11 is 5.82. The molecule has 0 bridgehead atoms. The predicted molar refractivity (Wildman–Crippen MR) is 88.7 cm³/mol. The standard InChI is InChI=1S/C17H18ClN3O2/c18-14-4-6-15(7-5-14)23-13-17(22)21-11-9-20(10-12-21)16-3-1-2-8-19-16/h1-8H,9-13H2/p+1. The second-order valence-corrected chi connectivity index (χ2v) is 5.79. The third kappa shape index (κ3) is 4.13. The van der Waals surface area contributed by atoms with E-state index in [4.69, 9.17) is 16.3 Å². The van der Waals surface area contributed by atoms with Crippen LogP contribution in [0.4, 0.5) is 5.82 Å². The van der Waals surface area contributed by atoms with E-state index in [1.54, 1.807) is 24.3 Å². The lowest BCUT2D eigenvalue weighted by Gasteiger charge is -2.30. The Morgan fingerprint density at radius 1 is 1.09 bits per heavy atom. The van der Waals surface area contributed by atoms with Crippen LogP contribution in [-0.4, -0.2) is 43.6 Å². The number of carbonyl (C=O) groups is 1. The average Bonchev–Trinajstić information content (AvgIpc) is 2.62. The molecule has 6 heteroatoms. The van der Waals surface area contributed by atoms with Gasteiger partial charge in [0.05, 0.1) is 19.3 Å². The number of hydrogen-bond donors (Lipinski definition) is 0. The summed E-state index contributed by atoms with van der Waals surface area (Å²) in [5, 5.41) is 0.650. The van der Waals surface area contributed by atoms with Crippen molar-refractivity contribution in [2.45, 2.75) is 0 Å². The van der Waals surface area contributed by atoms with E-state index in [1.807, 2.05) is 29.3 Å². The molecule has 1 saturated heterocycles. The average molecular weight is 333 g/mol. The Morgan fingerprint density at radius 3 is 2.48 bits per heavy atom. The lowest BCUT2D eigenvalue weighted by molar-refractivity contribution is -0.364. The van der Waals surface area contributed by atoms with Crippen molar-refractivity contribution in [1.82, 2.24) is 4.90 Å². The van der Waals surface area contributed by atoms with Gasteiger partial charge in [0.1, 0.15) is 18.8 Å². The van der Waals surface area contributed by atoms with Gasteiger partial charge in [-0.3, -0.25) is 9.69 Å².